The molecule has 0 saturated carbocycles. The van der Waals surface area contributed by atoms with E-state index in [0.717, 1.165) is 5.75 Å². The van der Waals surface area contributed by atoms with Crippen molar-refractivity contribution in [1.82, 2.24) is 0 Å². The summed E-state index contributed by atoms with van der Waals surface area (Å²) in [6.07, 6.45) is 0. The van der Waals surface area contributed by atoms with Crippen LogP contribution in [0.1, 0.15) is 52.7 Å². The second kappa shape index (κ2) is 5.31. The van der Waals surface area contributed by atoms with Gasteiger partial charge in [0.2, 0.25) is 0 Å². The lowest BCUT2D eigenvalue weighted by Crippen LogP contribution is -2.18. The van der Waals surface area contributed by atoms with E-state index >= 15 is 0 Å². The minimum atomic E-state index is 0.0286. The zero-order chi connectivity index (χ0) is 14.0. The predicted molar refractivity (Wildman–Crippen MR) is 75.2 cm³/mol. The molecule has 1 aromatic carbocycles. The van der Waals surface area contributed by atoms with Gasteiger partial charge < -0.3 is 9.47 Å². The molecule has 0 aromatic heterocycles. The molecule has 0 heterocycles. The Morgan fingerprint density at radius 3 is 2.11 bits per heavy atom. The van der Waals surface area contributed by atoms with E-state index in [9.17, 15) is 0 Å². The summed E-state index contributed by atoms with van der Waals surface area (Å²) in [5.74, 6) is 0.789. The van der Waals surface area contributed by atoms with Crippen molar-refractivity contribution in [2.75, 3.05) is 13.9 Å². The van der Waals surface area contributed by atoms with Crippen LogP contribution in [-0.4, -0.2) is 13.9 Å². The Labute approximate surface area is 111 Å². The normalized spacial score (nSPS) is 12.6. The van der Waals surface area contributed by atoms with Crippen LogP contribution in [0.3, 0.4) is 0 Å². The van der Waals surface area contributed by atoms with Gasteiger partial charge in [-0.25, -0.2) is 0 Å². The lowest BCUT2D eigenvalue weighted by molar-refractivity contribution is 0.0496. The fourth-order valence-corrected chi connectivity index (χ4v) is 1.71. The van der Waals surface area contributed by atoms with Crippen molar-refractivity contribution in [3.8, 4) is 5.75 Å². The van der Waals surface area contributed by atoms with Gasteiger partial charge in [-0.3, -0.25) is 0 Å². The molecule has 0 aliphatic carbocycles. The van der Waals surface area contributed by atoms with Gasteiger partial charge in [0.25, 0.3) is 0 Å². The SMILES string of the molecule is COCOc1[c]cc(C(C)(C)C)cc1C(C)(C)C. The first-order chi connectivity index (χ1) is 8.16. The summed E-state index contributed by atoms with van der Waals surface area (Å²) in [7, 11) is 1.63. The van der Waals surface area contributed by atoms with Crippen molar-refractivity contribution in [1.29, 1.82) is 0 Å². The lowest BCUT2D eigenvalue weighted by Gasteiger charge is -2.26. The molecule has 0 amide bonds. The van der Waals surface area contributed by atoms with Crippen molar-refractivity contribution in [2.45, 2.75) is 52.4 Å². The Kier molecular flexibility index (Phi) is 4.44. The van der Waals surface area contributed by atoms with E-state index in [1.807, 2.05) is 6.07 Å². The maximum atomic E-state index is 5.60. The first kappa shape index (κ1) is 15.0. The standard InChI is InChI=1S/C16H25O2/c1-15(2,3)12-8-9-14(18-11-17-7)13(10-12)16(4,5)6/h8,10H,11H2,1-7H3. The summed E-state index contributed by atoms with van der Waals surface area (Å²) in [4.78, 5) is 0. The summed E-state index contributed by atoms with van der Waals surface area (Å²) in [5.41, 5.74) is 2.60. The van der Waals surface area contributed by atoms with Crippen LogP contribution in [-0.2, 0) is 15.6 Å². The van der Waals surface area contributed by atoms with Gasteiger partial charge in [0, 0.05) is 18.7 Å². The molecular formula is C16H25O2. The maximum Gasteiger partial charge on any atom is 0.188 e. The van der Waals surface area contributed by atoms with Gasteiger partial charge in [-0.05, 0) is 22.5 Å². The summed E-state index contributed by atoms with van der Waals surface area (Å²) in [5, 5.41) is 0. The Bertz CT molecular complexity index is 395. The highest BCUT2D eigenvalue weighted by atomic mass is 16.7. The minimum absolute atomic E-state index is 0.0286. The van der Waals surface area contributed by atoms with Crippen LogP contribution >= 0.6 is 0 Å². The van der Waals surface area contributed by atoms with Gasteiger partial charge in [0.15, 0.2) is 6.79 Å². The third kappa shape index (κ3) is 3.74. The molecule has 1 rings (SSSR count). The average Bonchev–Trinajstić information content (AvgIpc) is 2.23. The summed E-state index contributed by atoms with van der Waals surface area (Å²) >= 11 is 0. The van der Waals surface area contributed by atoms with Crippen molar-refractivity contribution in [2.24, 2.45) is 0 Å². The number of methoxy groups -OCH3 is 1. The highest BCUT2D eigenvalue weighted by Crippen LogP contribution is 2.35. The summed E-state index contributed by atoms with van der Waals surface area (Å²) in [6, 6.07) is 7.49. The first-order valence-electron chi connectivity index (χ1n) is 6.34. The molecule has 18 heavy (non-hydrogen) atoms. The fraction of sp³-hybridized carbons (Fsp3) is 0.625. The topological polar surface area (TPSA) is 18.5 Å². The Hall–Kier alpha value is -1.02. The molecular weight excluding hydrogens is 224 g/mol. The monoisotopic (exact) mass is 249 g/mol. The first-order valence-corrected chi connectivity index (χ1v) is 6.34. The van der Waals surface area contributed by atoms with Gasteiger partial charge in [-0.15, -0.1) is 0 Å². The number of hydrogen-bond acceptors (Lipinski definition) is 2. The van der Waals surface area contributed by atoms with Crippen molar-refractivity contribution in [3.05, 3.63) is 29.3 Å². The smallest absolute Gasteiger partial charge is 0.188 e. The molecule has 0 unspecified atom stereocenters. The van der Waals surface area contributed by atoms with E-state index in [2.05, 4.69) is 53.7 Å². The van der Waals surface area contributed by atoms with Crippen LogP contribution < -0.4 is 4.74 Å². The molecule has 0 saturated heterocycles. The average molecular weight is 249 g/mol. The molecule has 0 fully saturated rings. The van der Waals surface area contributed by atoms with E-state index in [0.29, 0.717) is 0 Å². The zero-order valence-corrected chi connectivity index (χ0v) is 12.7. The zero-order valence-electron chi connectivity index (χ0n) is 12.7. The molecule has 2 heteroatoms. The molecule has 1 aromatic rings. The lowest BCUT2D eigenvalue weighted by atomic mass is 9.80. The number of benzene rings is 1. The van der Waals surface area contributed by atoms with E-state index in [1.54, 1.807) is 7.11 Å². The highest BCUT2D eigenvalue weighted by Gasteiger charge is 2.23. The van der Waals surface area contributed by atoms with Crippen LogP contribution in [0.5, 0.6) is 5.75 Å². The van der Waals surface area contributed by atoms with Gasteiger partial charge in [-0.2, -0.15) is 0 Å². The molecule has 101 valence electrons. The Morgan fingerprint density at radius 2 is 1.67 bits per heavy atom. The number of rotatable bonds is 3. The van der Waals surface area contributed by atoms with Crippen LogP contribution in [0.25, 0.3) is 0 Å². The van der Waals surface area contributed by atoms with Crippen molar-refractivity contribution in [3.63, 3.8) is 0 Å². The van der Waals surface area contributed by atoms with Crippen LogP contribution in [0.15, 0.2) is 12.1 Å². The highest BCUT2D eigenvalue weighted by molar-refractivity contribution is 5.42. The van der Waals surface area contributed by atoms with E-state index in [1.165, 1.54) is 11.1 Å². The van der Waals surface area contributed by atoms with Crippen molar-refractivity contribution < 1.29 is 9.47 Å². The third-order valence-electron chi connectivity index (χ3n) is 2.90. The molecule has 0 aliphatic heterocycles. The Morgan fingerprint density at radius 1 is 1.06 bits per heavy atom. The van der Waals surface area contributed by atoms with Gasteiger partial charge in [0.1, 0.15) is 5.75 Å². The molecule has 2 nitrogen and oxygen atoms in total. The van der Waals surface area contributed by atoms with Crippen molar-refractivity contribution >= 4 is 0 Å². The molecule has 0 bridgehead atoms. The van der Waals surface area contributed by atoms with E-state index in [4.69, 9.17) is 9.47 Å². The van der Waals surface area contributed by atoms with E-state index < -0.39 is 0 Å². The number of hydrogen-bond donors (Lipinski definition) is 0. The van der Waals surface area contributed by atoms with Gasteiger partial charge in [-0.1, -0.05) is 47.6 Å². The predicted octanol–water partition coefficient (Wildman–Crippen LogP) is 4.06. The second-order valence-electron chi connectivity index (χ2n) is 6.68. The molecule has 0 N–H and O–H groups in total. The Balaban J connectivity index is 3.21. The third-order valence-corrected chi connectivity index (χ3v) is 2.90. The van der Waals surface area contributed by atoms with Gasteiger partial charge >= 0.3 is 0 Å². The summed E-state index contributed by atoms with van der Waals surface area (Å²) in [6.45, 7) is 13.4. The largest absolute Gasteiger partial charge is 0.467 e. The molecule has 0 aliphatic rings. The molecule has 0 spiro atoms. The van der Waals surface area contributed by atoms with E-state index in [-0.39, 0.29) is 17.6 Å². The van der Waals surface area contributed by atoms with Crippen LogP contribution in [0.4, 0.5) is 0 Å². The fourth-order valence-electron chi connectivity index (χ4n) is 1.71. The molecule has 1 radical (unpaired) electrons. The number of ether oxygens (including phenoxy) is 2. The maximum absolute atomic E-state index is 5.60. The summed E-state index contributed by atoms with van der Waals surface area (Å²) < 4.78 is 10.6. The van der Waals surface area contributed by atoms with Crippen LogP contribution in [0, 0.1) is 6.07 Å². The molecule has 0 atom stereocenters. The van der Waals surface area contributed by atoms with Crippen LogP contribution in [0.2, 0.25) is 0 Å². The quantitative estimate of drug-likeness (QED) is 0.752. The second-order valence-corrected chi connectivity index (χ2v) is 6.68. The van der Waals surface area contributed by atoms with Gasteiger partial charge in [0.05, 0.1) is 0 Å². The minimum Gasteiger partial charge on any atom is -0.467 e.